The maximum atomic E-state index is 11.3. The Morgan fingerprint density at radius 3 is 2.33 bits per heavy atom. The normalized spacial score (nSPS) is 15.0. The van der Waals surface area contributed by atoms with Crippen molar-refractivity contribution >= 4 is 11.7 Å². The summed E-state index contributed by atoms with van der Waals surface area (Å²) in [6, 6.07) is 24.6. The SMILES string of the molecule is Cc1cccc2nc(-c3ccc(C4(NC(=O)O)CCC4)cc3)c(-c3ccccc3)n12. The van der Waals surface area contributed by atoms with Crippen LogP contribution in [0.4, 0.5) is 4.79 Å². The Morgan fingerprint density at radius 2 is 1.70 bits per heavy atom. The number of carboxylic acid groups (broad SMARTS) is 1. The molecule has 1 fully saturated rings. The molecule has 1 aliphatic rings. The van der Waals surface area contributed by atoms with Crippen molar-refractivity contribution < 1.29 is 9.90 Å². The highest BCUT2D eigenvalue weighted by atomic mass is 16.4. The number of imidazole rings is 1. The minimum atomic E-state index is -0.971. The van der Waals surface area contributed by atoms with Gasteiger partial charge in [-0.3, -0.25) is 4.40 Å². The third-order valence-corrected chi connectivity index (χ3v) is 6.15. The van der Waals surface area contributed by atoms with Crippen molar-refractivity contribution in [1.29, 1.82) is 0 Å². The summed E-state index contributed by atoms with van der Waals surface area (Å²) in [6.07, 6.45) is 1.73. The van der Waals surface area contributed by atoms with Gasteiger partial charge in [-0.2, -0.15) is 0 Å². The molecule has 4 aromatic rings. The minimum absolute atomic E-state index is 0.456. The van der Waals surface area contributed by atoms with E-state index in [4.69, 9.17) is 4.98 Å². The summed E-state index contributed by atoms with van der Waals surface area (Å²) in [5.41, 5.74) is 6.72. The van der Waals surface area contributed by atoms with Gasteiger partial charge < -0.3 is 10.4 Å². The fraction of sp³-hybridized carbons (Fsp3) is 0.200. The van der Waals surface area contributed by atoms with Crippen LogP contribution in [0.3, 0.4) is 0 Å². The van der Waals surface area contributed by atoms with Crippen molar-refractivity contribution in [3.8, 4) is 22.5 Å². The minimum Gasteiger partial charge on any atom is -0.465 e. The predicted molar refractivity (Wildman–Crippen MR) is 117 cm³/mol. The van der Waals surface area contributed by atoms with Crippen LogP contribution in [-0.4, -0.2) is 20.6 Å². The first-order chi connectivity index (χ1) is 14.6. The Hall–Kier alpha value is -3.60. The van der Waals surface area contributed by atoms with Gasteiger partial charge in [0.15, 0.2) is 0 Å². The zero-order chi connectivity index (χ0) is 20.7. The number of aromatic nitrogens is 2. The molecule has 5 rings (SSSR count). The topological polar surface area (TPSA) is 66.6 Å². The molecule has 2 heterocycles. The van der Waals surface area contributed by atoms with E-state index in [9.17, 15) is 9.90 Å². The van der Waals surface area contributed by atoms with E-state index in [1.165, 1.54) is 0 Å². The van der Waals surface area contributed by atoms with Crippen LogP contribution in [0.5, 0.6) is 0 Å². The van der Waals surface area contributed by atoms with Gasteiger partial charge >= 0.3 is 6.09 Å². The lowest BCUT2D eigenvalue weighted by molar-refractivity contribution is 0.144. The molecule has 5 heteroatoms. The van der Waals surface area contributed by atoms with Crippen LogP contribution < -0.4 is 5.32 Å². The number of aryl methyl sites for hydroxylation is 1. The second kappa shape index (κ2) is 7.02. The summed E-state index contributed by atoms with van der Waals surface area (Å²) < 4.78 is 2.19. The van der Waals surface area contributed by atoms with E-state index in [0.29, 0.717) is 0 Å². The molecule has 0 radical (unpaired) electrons. The number of carbonyl (C=O) groups is 1. The van der Waals surface area contributed by atoms with Crippen molar-refractivity contribution in [2.24, 2.45) is 0 Å². The highest BCUT2D eigenvalue weighted by Crippen LogP contribution is 2.42. The molecule has 150 valence electrons. The largest absolute Gasteiger partial charge is 0.465 e. The van der Waals surface area contributed by atoms with Gasteiger partial charge in [-0.25, -0.2) is 9.78 Å². The Labute approximate surface area is 175 Å². The summed E-state index contributed by atoms with van der Waals surface area (Å²) in [5.74, 6) is 0. The van der Waals surface area contributed by atoms with Crippen LogP contribution in [-0.2, 0) is 5.54 Å². The van der Waals surface area contributed by atoms with Crippen LogP contribution in [0.15, 0.2) is 72.8 Å². The van der Waals surface area contributed by atoms with Crippen LogP contribution in [0.1, 0.15) is 30.5 Å². The first-order valence-electron chi connectivity index (χ1n) is 10.2. The van der Waals surface area contributed by atoms with Gasteiger partial charge in [0.1, 0.15) is 5.65 Å². The number of hydrogen-bond acceptors (Lipinski definition) is 2. The average Bonchev–Trinajstić information content (AvgIpc) is 3.12. The molecule has 1 saturated carbocycles. The van der Waals surface area contributed by atoms with Crippen molar-refractivity contribution in [3.05, 3.63) is 84.1 Å². The number of benzene rings is 2. The monoisotopic (exact) mass is 397 g/mol. The van der Waals surface area contributed by atoms with Crippen LogP contribution in [0.25, 0.3) is 28.2 Å². The quantitative estimate of drug-likeness (QED) is 0.469. The lowest BCUT2D eigenvalue weighted by Gasteiger charge is -2.42. The highest BCUT2D eigenvalue weighted by Gasteiger charge is 2.40. The highest BCUT2D eigenvalue weighted by molar-refractivity contribution is 5.82. The lowest BCUT2D eigenvalue weighted by Crippen LogP contribution is -2.50. The fourth-order valence-corrected chi connectivity index (χ4v) is 4.49. The molecule has 0 atom stereocenters. The Kier molecular flexibility index (Phi) is 4.31. The molecular weight excluding hydrogens is 374 g/mol. The van der Waals surface area contributed by atoms with Gasteiger partial charge in [0.25, 0.3) is 0 Å². The molecule has 0 unspecified atom stereocenters. The number of nitrogens with zero attached hydrogens (tertiary/aromatic N) is 2. The van der Waals surface area contributed by atoms with E-state index in [1.807, 2.05) is 42.5 Å². The predicted octanol–water partition coefficient (Wildman–Crippen LogP) is 5.62. The van der Waals surface area contributed by atoms with Gasteiger partial charge in [0, 0.05) is 16.8 Å². The number of rotatable bonds is 4. The van der Waals surface area contributed by atoms with Crippen LogP contribution in [0.2, 0.25) is 0 Å². The third-order valence-electron chi connectivity index (χ3n) is 6.15. The fourth-order valence-electron chi connectivity index (χ4n) is 4.49. The second-order valence-corrected chi connectivity index (χ2v) is 7.98. The molecule has 0 bridgehead atoms. The number of fused-ring (bicyclic) bond motifs is 1. The Bertz CT molecular complexity index is 1220. The van der Waals surface area contributed by atoms with Crippen LogP contribution >= 0.6 is 0 Å². The van der Waals surface area contributed by atoms with E-state index in [2.05, 4.69) is 47.0 Å². The molecule has 1 aliphatic carbocycles. The van der Waals surface area contributed by atoms with Gasteiger partial charge in [-0.1, -0.05) is 60.7 Å². The first kappa shape index (κ1) is 18.4. The van der Waals surface area contributed by atoms with Crippen molar-refractivity contribution in [2.45, 2.75) is 31.7 Å². The summed E-state index contributed by atoms with van der Waals surface area (Å²) in [4.78, 5) is 16.2. The smallest absolute Gasteiger partial charge is 0.405 e. The standard InChI is InChI=1S/C25H23N3O2/c1-17-7-5-10-21-26-22(23(28(17)21)19-8-3-2-4-9-19)18-11-13-20(14-12-18)25(15-6-16-25)27-24(29)30/h2-5,7-14,27H,6,15-16H2,1H3,(H,29,30). The van der Waals surface area contributed by atoms with E-state index in [1.54, 1.807) is 0 Å². The average molecular weight is 397 g/mol. The van der Waals surface area contributed by atoms with Crippen molar-refractivity contribution in [3.63, 3.8) is 0 Å². The zero-order valence-electron chi connectivity index (χ0n) is 16.8. The van der Waals surface area contributed by atoms with E-state index in [-0.39, 0.29) is 0 Å². The molecular formula is C25H23N3O2. The van der Waals surface area contributed by atoms with E-state index < -0.39 is 11.6 Å². The van der Waals surface area contributed by atoms with E-state index in [0.717, 1.165) is 58.7 Å². The molecule has 2 aromatic carbocycles. The van der Waals surface area contributed by atoms with Crippen LogP contribution in [0, 0.1) is 6.92 Å². The summed E-state index contributed by atoms with van der Waals surface area (Å²) >= 11 is 0. The van der Waals surface area contributed by atoms with Crippen molar-refractivity contribution in [1.82, 2.24) is 14.7 Å². The number of hydrogen-bond donors (Lipinski definition) is 2. The van der Waals surface area contributed by atoms with Gasteiger partial charge in [0.05, 0.1) is 16.9 Å². The molecule has 2 aromatic heterocycles. The molecule has 5 nitrogen and oxygen atoms in total. The molecule has 0 aliphatic heterocycles. The van der Waals surface area contributed by atoms with Gasteiger partial charge in [-0.05, 0) is 43.9 Å². The second-order valence-electron chi connectivity index (χ2n) is 7.98. The molecule has 2 N–H and O–H groups in total. The third kappa shape index (κ3) is 2.94. The van der Waals surface area contributed by atoms with E-state index >= 15 is 0 Å². The lowest BCUT2D eigenvalue weighted by atomic mass is 9.72. The first-order valence-corrected chi connectivity index (χ1v) is 10.2. The molecule has 30 heavy (non-hydrogen) atoms. The van der Waals surface area contributed by atoms with Gasteiger partial charge in [0.2, 0.25) is 0 Å². The molecule has 0 spiro atoms. The number of pyridine rings is 1. The summed E-state index contributed by atoms with van der Waals surface area (Å²) in [6.45, 7) is 2.09. The Morgan fingerprint density at radius 1 is 0.967 bits per heavy atom. The molecule has 1 amide bonds. The van der Waals surface area contributed by atoms with Crippen molar-refractivity contribution in [2.75, 3.05) is 0 Å². The number of amides is 1. The maximum absolute atomic E-state index is 11.3. The number of nitrogens with one attached hydrogen (secondary N) is 1. The maximum Gasteiger partial charge on any atom is 0.405 e. The summed E-state index contributed by atoms with van der Waals surface area (Å²) in [7, 11) is 0. The zero-order valence-corrected chi connectivity index (χ0v) is 16.8. The Balaban J connectivity index is 1.64. The van der Waals surface area contributed by atoms with Gasteiger partial charge in [-0.15, -0.1) is 0 Å². The summed E-state index contributed by atoms with van der Waals surface area (Å²) in [5, 5.41) is 12.0. The molecule has 0 saturated heterocycles.